The first-order chi connectivity index (χ1) is 18.1. The van der Waals surface area contributed by atoms with Gasteiger partial charge in [-0.05, 0) is 61.4 Å². The highest BCUT2D eigenvalue weighted by Crippen LogP contribution is 2.42. The zero-order valence-electron chi connectivity index (χ0n) is 20.7. The molecule has 4 aromatic rings. The molecule has 0 radical (unpaired) electrons. The third-order valence-electron chi connectivity index (χ3n) is 6.37. The summed E-state index contributed by atoms with van der Waals surface area (Å²) in [5, 5.41) is 2.67. The minimum atomic E-state index is -3.96. The third kappa shape index (κ3) is 4.64. The summed E-state index contributed by atoms with van der Waals surface area (Å²) in [6.45, 7) is 3.20. The maximum atomic E-state index is 13.4. The van der Waals surface area contributed by atoms with Crippen LogP contribution in [-0.4, -0.2) is 29.3 Å². The molecule has 10 heteroatoms. The molecule has 0 bridgehead atoms. The van der Waals surface area contributed by atoms with Crippen LogP contribution < -0.4 is 14.3 Å². The van der Waals surface area contributed by atoms with Crippen LogP contribution in [0.3, 0.4) is 0 Å². The monoisotopic (exact) mass is 547 g/mol. The van der Waals surface area contributed by atoms with Crippen molar-refractivity contribution in [1.82, 2.24) is 0 Å². The third-order valence-corrected chi connectivity index (χ3v) is 9.55. The highest BCUT2D eigenvalue weighted by Gasteiger charge is 2.35. The van der Waals surface area contributed by atoms with Crippen molar-refractivity contribution in [3.8, 4) is 11.1 Å². The van der Waals surface area contributed by atoms with Crippen LogP contribution >= 0.6 is 0 Å². The molecule has 0 aromatic heterocycles. The molecule has 1 aliphatic rings. The van der Waals surface area contributed by atoms with Gasteiger partial charge in [0.05, 0.1) is 21.2 Å². The molecule has 0 fully saturated rings. The quantitative estimate of drug-likeness (QED) is 0.356. The smallest absolute Gasteiger partial charge is 0.265 e. The van der Waals surface area contributed by atoms with E-state index in [0.717, 1.165) is 21.0 Å². The van der Waals surface area contributed by atoms with Gasteiger partial charge >= 0.3 is 0 Å². The normalized spacial score (nSPS) is 13.8. The SMILES string of the molecule is Cc1cccc(C)c1NS(=O)(=O)c1ccc(NC(=O)CN2c3ccccc3-c3ccccc3S2(=O)=O)cc1. The number of benzene rings is 4. The Bertz CT molecular complexity index is 1750. The van der Waals surface area contributed by atoms with Crippen molar-refractivity contribution in [3.05, 3.63) is 102 Å². The van der Waals surface area contributed by atoms with E-state index >= 15 is 0 Å². The molecule has 0 saturated heterocycles. The fourth-order valence-corrected chi connectivity index (χ4v) is 7.32. The van der Waals surface area contributed by atoms with Crippen molar-refractivity contribution in [3.63, 3.8) is 0 Å². The Labute approximate surface area is 222 Å². The van der Waals surface area contributed by atoms with Crippen molar-refractivity contribution in [2.75, 3.05) is 20.9 Å². The number of amides is 1. The summed E-state index contributed by atoms with van der Waals surface area (Å²) in [4.78, 5) is 13.1. The van der Waals surface area contributed by atoms with Crippen molar-refractivity contribution in [1.29, 1.82) is 0 Å². The molecule has 2 N–H and O–H groups in total. The Hall–Kier alpha value is -4.15. The number of hydrogen-bond acceptors (Lipinski definition) is 5. The molecule has 8 nitrogen and oxygen atoms in total. The van der Waals surface area contributed by atoms with E-state index < -0.39 is 32.5 Å². The summed E-state index contributed by atoms with van der Waals surface area (Å²) in [6.07, 6.45) is 0. The molecule has 0 unspecified atom stereocenters. The van der Waals surface area contributed by atoms with E-state index in [1.807, 2.05) is 44.2 Å². The fraction of sp³-hybridized carbons (Fsp3) is 0.107. The second-order valence-electron chi connectivity index (χ2n) is 8.97. The summed E-state index contributed by atoms with van der Waals surface area (Å²) in [5.74, 6) is -0.563. The number of para-hydroxylation sites is 2. The molecule has 1 aliphatic heterocycles. The molecule has 0 atom stereocenters. The number of anilines is 3. The van der Waals surface area contributed by atoms with Crippen LogP contribution in [0.4, 0.5) is 17.1 Å². The number of hydrogen-bond donors (Lipinski definition) is 2. The number of nitrogens with one attached hydrogen (secondary N) is 2. The molecule has 0 saturated carbocycles. The molecular weight excluding hydrogens is 522 g/mol. The lowest BCUT2D eigenvalue weighted by molar-refractivity contribution is -0.114. The van der Waals surface area contributed by atoms with Gasteiger partial charge in [-0.2, -0.15) is 0 Å². The molecule has 4 aromatic carbocycles. The van der Waals surface area contributed by atoms with E-state index in [4.69, 9.17) is 0 Å². The number of sulfonamides is 2. The number of aryl methyl sites for hydroxylation is 2. The first-order valence-electron chi connectivity index (χ1n) is 11.8. The second-order valence-corrected chi connectivity index (χ2v) is 12.5. The standard InChI is InChI=1S/C28H25N3O5S2/c1-19-8-7-9-20(2)28(19)30-37(33,34)22-16-14-21(15-17-22)29-27(32)18-31-25-12-5-3-10-23(25)24-11-4-6-13-26(24)38(31,35)36/h3-17,30H,18H2,1-2H3,(H,29,32). The Morgan fingerprint density at radius 3 is 2.08 bits per heavy atom. The van der Waals surface area contributed by atoms with Gasteiger partial charge < -0.3 is 5.32 Å². The number of carbonyl (C=O) groups is 1. The first kappa shape index (κ1) is 25.5. The van der Waals surface area contributed by atoms with Crippen LogP contribution in [0.5, 0.6) is 0 Å². The zero-order chi connectivity index (χ0) is 27.1. The lowest BCUT2D eigenvalue weighted by Crippen LogP contribution is -2.40. The molecule has 38 heavy (non-hydrogen) atoms. The summed E-state index contributed by atoms with van der Waals surface area (Å²) in [5.41, 5.74) is 4.19. The van der Waals surface area contributed by atoms with Crippen LogP contribution in [0, 0.1) is 13.8 Å². The molecule has 5 rings (SSSR count). The fourth-order valence-electron chi connectivity index (χ4n) is 4.47. The Balaban J connectivity index is 1.34. The predicted octanol–water partition coefficient (Wildman–Crippen LogP) is 4.92. The zero-order valence-corrected chi connectivity index (χ0v) is 22.3. The maximum absolute atomic E-state index is 13.4. The molecule has 0 aliphatic carbocycles. The lowest BCUT2D eigenvalue weighted by atomic mass is 10.0. The van der Waals surface area contributed by atoms with E-state index in [1.54, 1.807) is 30.3 Å². The van der Waals surface area contributed by atoms with Crippen molar-refractivity contribution in [2.45, 2.75) is 23.6 Å². The van der Waals surface area contributed by atoms with Crippen LogP contribution in [0.25, 0.3) is 11.1 Å². The molecule has 194 valence electrons. The molecule has 1 amide bonds. The van der Waals surface area contributed by atoms with Gasteiger partial charge in [-0.25, -0.2) is 16.8 Å². The van der Waals surface area contributed by atoms with E-state index in [2.05, 4.69) is 10.0 Å². The number of rotatable bonds is 6. The summed E-state index contributed by atoms with van der Waals surface area (Å²) >= 11 is 0. The first-order valence-corrected chi connectivity index (χ1v) is 14.7. The molecule has 1 heterocycles. The Morgan fingerprint density at radius 1 is 0.789 bits per heavy atom. The van der Waals surface area contributed by atoms with Crippen molar-refractivity contribution < 1.29 is 21.6 Å². The van der Waals surface area contributed by atoms with Gasteiger partial charge in [-0.3, -0.25) is 13.8 Å². The predicted molar refractivity (Wildman–Crippen MR) is 148 cm³/mol. The van der Waals surface area contributed by atoms with Gasteiger partial charge in [0.1, 0.15) is 6.54 Å². The Kier molecular flexibility index (Phi) is 6.46. The minimum absolute atomic E-state index is 0.0299. The highest BCUT2D eigenvalue weighted by molar-refractivity contribution is 7.93. The van der Waals surface area contributed by atoms with Gasteiger partial charge in [0.25, 0.3) is 20.0 Å². The Morgan fingerprint density at radius 2 is 1.39 bits per heavy atom. The van der Waals surface area contributed by atoms with E-state index in [0.29, 0.717) is 22.6 Å². The largest absolute Gasteiger partial charge is 0.325 e. The summed E-state index contributed by atoms with van der Waals surface area (Å²) in [6, 6.07) is 24.9. The average Bonchev–Trinajstić information content (AvgIpc) is 2.89. The number of carbonyl (C=O) groups excluding carboxylic acids is 1. The number of nitrogens with zero attached hydrogens (tertiary/aromatic N) is 1. The van der Waals surface area contributed by atoms with Crippen LogP contribution in [0.1, 0.15) is 11.1 Å². The van der Waals surface area contributed by atoms with Crippen LogP contribution in [0.15, 0.2) is 101 Å². The summed E-state index contributed by atoms with van der Waals surface area (Å²) in [7, 11) is -7.82. The molecular formula is C28H25N3O5S2. The summed E-state index contributed by atoms with van der Waals surface area (Å²) < 4.78 is 56.3. The molecule has 0 spiro atoms. The average molecular weight is 548 g/mol. The van der Waals surface area contributed by atoms with Crippen molar-refractivity contribution >= 4 is 43.0 Å². The van der Waals surface area contributed by atoms with Crippen molar-refractivity contribution in [2.24, 2.45) is 0 Å². The van der Waals surface area contributed by atoms with E-state index in [-0.39, 0.29) is 9.79 Å². The van der Waals surface area contributed by atoms with Crippen LogP contribution in [-0.2, 0) is 24.8 Å². The highest BCUT2D eigenvalue weighted by atomic mass is 32.2. The van der Waals surface area contributed by atoms with Gasteiger partial charge in [0, 0.05) is 16.8 Å². The van der Waals surface area contributed by atoms with Gasteiger partial charge in [0.15, 0.2) is 0 Å². The second kappa shape index (κ2) is 9.62. The lowest BCUT2D eigenvalue weighted by Gasteiger charge is -2.31. The van der Waals surface area contributed by atoms with Gasteiger partial charge in [-0.15, -0.1) is 0 Å². The van der Waals surface area contributed by atoms with E-state index in [1.165, 1.54) is 30.3 Å². The van der Waals surface area contributed by atoms with Gasteiger partial charge in [0.2, 0.25) is 5.91 Å². The maximum Gasteiger partial charge on any atom is 0.265 e. The van der Waals surface area contributed by atoms with Crippen LogP contribution in [0.2, 0.25) is 0 Å². The van der Waals surface area contributed by atoms with Gasteiger partial charge in [-0.1, -0.05) is 54.6 Å². The topological polar surface area (TPSA) is 113 Å². The minimum Gasteiger partial charge on any atom is -0.325 e. The van der Waals surface area contributed by atoms with E-state index in [9.17, 15) is 21.6 Å². The number of fused-ring (bicyclic) bond motifs is 3.